The number of piperidine rings is 1. The van der Waals surface area contributed by atoms with Crippen LogP contribution in [0.15, 0.2) is 21.8 Å². The average molecular weight is 280 g/mol. The molecule has 2 N–H and O–H groups in total. The van der Waals surface area contributed by atoms with Crippen molar-refractivity contribution in [2.75, 3.05) is 33.7 Å². The molecule has 1 aliphatic rings. The van der Waals surface area contributed by atoms with Crippen molar-refractivity contribution in [1.82, 2.24) is 15.5 Å². The molecule has 0 aliphatic carbocycles. The number of rotatable bonds is 4. The third-order valence-electron chi connectivity index (χ3n) is 3.66. The third-order valence-corrected chi connectivity index (χ3v) is 4.39. The number of guanidine groups is 1. The summed E-state index contributed by atoms with van der Waals surface area (Å²) in [6.07, 6.45) is 2.57. The molecule has 0 atom stereocenters. The zero-order chi connectivity index (χ0) is 13.5. The molecule has 19 heavy (non-hydrogen) atoms. The Morgan fingerprint density at radius 2 is 2.21 bits per heavy atom. The maximum atomic E-state index is 4.27. The molecule has 0 spiro atoms. The van der Waals surface area contributed by atoms with Gasteiger partial charge in [-0.25, -0.2) is 0 Å². The Morgan fingerprint density at radius 1 is 1.42 bits per heavy atom. The van der Waals surface area contributed by atoms with Crippen LogP contribution in [-0.4, -0.2) is 44.6 Å². The first-order valence-electron chi connectivity index (χ1n) is 6.92. The Morgan fingerprint density at radius 3 is 2.84 bits per heavy atom. The van der Waals surface area contributed by atoms with E-state index < -0.39 is 0 Å². The van der Waals surface area contributed by atoms with Gasteiger partial charge in [-0.05, 0) is 61.3 Å². The van der Waals surface area contributed by atoms with E-state index in [4.69, 9.17) is 0 Å². The van der Waals surface area contributed by atoms with Crippen molar-refractivity contribution < 1.29 is 0 Å². The number of likely N-dealkylation sites (tertiary alicyclic amines) is 1. The summed E-state index contributed by atoms with van der Waals surface area (Å²) in [5, 5.41) is 11.1. The lowest BCUT2D eigenvalue weighted by Crippen LogP contribution is -2.41. The molecule has 1 aromatic heterocycles. The molecule has 0 aromatic carbocycles. The molecule has 0 saturated carbocycles. The molecule has 1 fully saturated rings. The van der Waals surface area contributed by atoms with Crippen molar-refractivity contribution in [3.05, 3.63) is 22.4 Å². The van der Waals surface area contributed by atoms with Gasteiger partial charge in [-0.1, -0.05) is 0 Å². The van der Waals surface area contributed by atoms with Gasteiger partial charge >= 0.3 is 0 Å². The van der Waals surface area contributed by atoms with Crippen LogP contribution in [0.3, 0.4) is 0 Å². The summed E-state index contributed by atoms with van der Waals surface area (Å²) in [4.78, 5) is 6.68. The summed E-state index contributed by atoms with van der Waals surface area (Å²) in [5.41, 5.74) is 1.31. The highest BCUT2D eigenvalue weighted by atomic mass is 32.1. The molecule has 1 aliphatic heterocycles. The van der Waals surface area contributed by atoms with E-state index in [-0.39, 0.29) is 0 Å². The minimum atomic E-state index is 0.774. The SMILES string of the molecule is CN=C(NCc1ccsc1)NCC1CCN(C)CC1. The standard InChI is InChI=1S/C14H24N4S/c1-15-14(17-10-13-5-8-19-11-13)16-9-12-3-6-18(2)7-4-12/h5,8,11-12H,3-4,6-7,9-10H2,1-2H3,(H2,15,16,17). The molecule has 2 heterocycles. The van der Waals surface area contributed by atoms with Crippen molar-refractivity contribution in [2.24, 2.45) is 10.9 Å². The average Bonchev–Trinajstić information content (AvgIpc) is 2.94. The summed E-state index contributed by atoms with van der Waals surface area (Å²) in [6.45, 7) is 4.30. The van der Waals surface area contributed by atoms with Crippen molar-refractivity contribution in [2.45, 2.75) is 19.4 Å². The van der Waals surface area contributed by atoms with Gasteiger partial charge in [0, 0.05) is 20.1 Å². The van der Waals surface area contributed by atoms with Crippen LogP contribution in [0.1, 0.15) is 18.4 Å². The number of thiophene rings is 1. The molecule has 4 nitrogen and oxygen atoms in total. The van der Waals surface area contributed by atoms with E-state index in [0.29, 0.717) is 0 Å². The highest BCUT2D eigenvalue weighted by Gasteiger charge is 2.16. The van der Waals surface area contributed by atoms with Gasteiger partial charge in [0.1, 0.15) is 0 Å². The van der Waals surface area contributed by atoms with Gasteiger partial charge < -0.3 is 15.5 Å². The summed E-state index contributed by atoms with van der Waals surface area (Å²) < 4.78 is 0. The second kappa shape index (κ2) is 7.50. The second-order valence-electron chi connectivity index (χ2n) is 5.18. The van der Waals surface area contributed by atoms with Crippen LogP contribution in [0.5, 0.6) is 0 Å². The lowest BCUT2D eigenvalue weighted by molar-refractivity contribution is 0.220. The van der Waals surface area contributed by atoms with E-state index in [2.05, 4.69) is 44.4 Å². The highest BCUT2D eigenvalue weighted by molar-refractivity contribution is 7.07. The summed E-state index contributed by atoms with van der Waals surface area (Å²) >= 11 is 1.73. The lowest BCUT2D eigenvalue weighted by atomic mass is 9.97. The molecule has 0 bridgehead atoms. The number of nitrogens with one attached hydrogen (secondary N) is 2. The van der Waals surface area contributed by atoms with Gasteiger partial charge in [0.05, 0.1) is 0 Å². The molecule has 1 saturated heterocycles. The maximum Gasteiger partial charge on any atom is 0.191 e. The second-order valence-corrected chi connectivity index (χ2v) is 5.96. The maximum absolute atomic E-state index is 4.27. The monoisotopic (exact) mass is 280 g/mol. The van der Waals surface area contributed by atoms with E-state index in [1.165, 1.54) is 31.5 Å². The van der Waals surface area contributed by atoms with E-state index >= 15 is 0 Å². The normalized spacial score (nSPS) is 18.5. The van der Waals surface area contributed by atoms with Gasteiger partial charge in [-0.2, -0.15) is 11.3 Å². The number of nitrogens with zero attached hydrogens (tertiary/aromatic N) is 2. The minimum absolute atomic E-state index is 0.774. The van der Waals surface area contributed by atoms with Gasteiger partial charge in [0.2, 0.25) is 0 Å². The van der Waals surface area contributed by atoms with E-state index in [9.17, 15) is 0 Å². The number of hydrogen-bond acceptors (Lipinski definition) is 3. The Bertz CT molecular complexity index is 380. The van der Waals surface area contributed by atoms with Crippen LogP contribution < -0.4 is 10.6 Å². The molecular weight excluding hydrogens is 256 g/mol. The van der Waals surface area contributed by atoms with Crippen LogP contribution in [0.25, 0.3) is 0 Å². The Hall–Kier alpha value is -1.07. The first-order chi connectivity index (χ1) is 9.28. The molecule has 106 valence electrons. The van der Waals surface area contributed by atoms with Crippen molar-refractivity contribution >= 4 is 17.3 Å². The van der Waals surface area contributed by atoms with Crippen molar-refractivity contribution in [1.29, 1.82) is 0 Å². The van der Waals surface area contributed by atoms with Crippen LogP contribution >= 0.6 is 11.3 Å². The van der Waals surface area contributed by atoms with Gasteiger partial charge in [0.15, 0.2) is 5.96 Å². The predicted molar refractivity (Wildman–Crippen MR) is 82.7 cm³/mol. The van der Waals surface area contributed by atoms with E-state index in [0.717, 1.165) is 25.0 Å². The fourth-order valence-electron chi connectivity index (χ4n) is 2.31. The number of hydrogen-bond donors (Lipinski definition) is 2. The minimum Gasteiger partial charge on any atom is -0.356 e. The van der Waals surface area contributed by atoms with Gasteiger partial charge in [-0.3, -0.25) is 4.99 Å². The van der Waals surface area contributed by atoms with Crippen molar-refractivity contribution in [3.63, 3.8) is 0 Å². The van der Waals surface area contributed by atoms with E-state index in [1.54, 1.807) is 11.3 Å². The molecule has 0 radical (unpaired) electrons. The van der Waals surface area contributed by atoms with Crippen LogP contribution in [0.2, 0.25) is 0 Å². The summed E-state index contributed by atoms with van der Waals surface area (Å²) in [7, 11) is 4.03. The highest BCUT2D eigenvalue weighted by Crippen LogP contribution is 2.14. The summed E-state index contributed by atoms with van der Waals surface area (Å²) in [5.74, 6) is 1.68. The molecule has 0 unspecified atom stereocenters. The Balaban J connectivity index is 1.68. The third kappa shape index (κ3) is 4.84. The Kier molecular flexibility index (Phi) is 5.66. The van der Waals surface area contributed by atoms with E-state index in [1.807, 2.05) is 7.05 Å². The zero-order valence-corrected chi connectivity index (χ0v) is 12.7. The topological polar surface area (TPSA) is 39.7 Å². The molecular formula is C14H24N4S. The summed E-state index contributed by atoms with van der Waals surface area (Å²) in [6, 6.07) is 2.14. The number of aliphatic imine (C=N–C) groups is 1. The fraction of sp³-hybridized carbons (Fsp3) is 0.643. The van der Waals surface area contributed by atoms with Crippen LogP contribution in [0.4, 0.5) is 0 Å². The van der Waals surface area contributed by atoms with Crippen LogP contribution in [0, 0.1) is 5.92 Å². The van der Waals surface area contributed by atoms with Gasteiger partial charge in [-0.15, -0.1) is 0 Å². The van der Waals surface area contributed by atoms with Gasteiger partial charge in [0.25, 0.3) is 0 Å². The van der Waals surface area contributed by atoms with Crippen molar-refractivity contribution in [3.8, 4) is 0 Å². The first-order valence-corrected chi connectivity index (χ1v) is 7.86. The molecule has 0 amide bonds. The zero-order valence-electron chi connectivity index (χ0n) is 11.9. The molecule has 2 rings (SSSR count). The molecule has 1 aromatic rings. The largest absolute Gasteiger partial charge is 0.356 e. The lowest BCUT2D eigenvalue weighted by Gasteiger charge is -2.29. The predicted octanol–water partition coefficient (Wildman–Crippen LogP) is 1.75. The fourth-order valence-corrected chi connectivity index (χ4v) is 2.98. The van der Waals surface area contributed by atoms with Crippen LogP contribution in [-0.2, 0) is 6.54 Å². The molecule has 5 heteroatoms. The smallest absolute Gasteiger partial charge is 0.191 e. The first kappa shape index (κ1) is 14.3. The quantitative estimate of drug-likeness (QED) is 0.652. The Labute approximate surface area is 119 Å².